The van der Waals surface area contributed by atoms with Crippen LogP contribution in [0.4, 0.5) is 0 Å². The van der Waals surface area contributed by atoms with Crippen molar-refractivity contribution in [2.75, 3.05) is 12.9 Å². The Kier molecular flexibility index (Phi) is 4.57. The summed E-state index contributed by atoms with van der Waals surface area (Å²) in [6.07, 6.45) is 1.52. The first-order chi connectivity index (χ1) is 12.3. The van der Waals surface area contributed by atoms with E-state index in [1.807, 2.05) is 0 Å². The Morgan fingerprint density at radius 1 is 1.38 bits per heavy atom. The van der Waals surface area contributed by atoms with Crippen molar-refractivity contribution in [3.8, 4) is 5.88 Å². The van der Waals surface area contributed by atoms with Gasteiger partial charge in [0.1, 0.15) is 12.7 Å². The SMILES string of the molecule is CCn1ncc(C(=O)c2ccc3c(c2C)/C(=N/OC)CCS3(=O)=O)c1O. The van der Waals surface area contributed by atoms with E-state index in [1.54, 1.807) is 13.8 Å². The van der Waals surface area contributed by atoms with Crippen molar-refractivity contribution in [2.24, 2.45) is 5.16 Å². The molecule has 2 aromatic rings. The van der Waals surface area contributed by atoms with Gasteiger partial charge in [-0.15, -0.1) is 0 Å². The number of sulfone groups is 1. The molecular formula is C17H19N3O5S. The van der Waals surface area contributed by atoms with E-state index < -0.39 is 15.6 Å². The Balaban J connectivity index is 2.19. The summed E-state index contributed by atoms with van der Waals surface area (Å²) in [6.45, 7) is 3.88. The van der Waals surface area contributed by atoms with Gasteiger partial charge < -0.3 is 9.94 Å². The van der Waals surface area contributed by atoms with Gasteiger partial charge in [0.05, 0.1) is 22.6 Å². The first-order valence-corrected chi connectivity index (χ1v) is 9.73. The maximum Gasteiger partial charge on any atom is 0.220 e. The number of aromatic hydroxyl groups is 1. The van der Waals surface area contributed by atoms with Gasteiger partial charge in [-0.05, 0) is 31.5 Å². The Morgan fingerprint density at radius 3 is 2.73 bits per heavy atom. The molecule has 0 bridgehead atoms. The molecule has 26 heavy (non-hydrogen) atoms. The van der Waals surface area contributed by atoms with E-state index in [1.165, 1.54) is 30.1 Å². The Bertz CT molecular complexity index is 1020. The number of rotatable bonds is 4. The minimum atomic E-state index is -3.44. The molecule has 0 amide bonds. The van der Waals surface area contributed by atoms with Crippen LogP contribution in [0.25, 0.3) is 0 Å². The van der Waals surface area contributed by atoms with Crippen molar-refractivity contribution in [3.63, 3.8) is 0 Å². The molecule has 1 aromatic heterocycles. The molecule has 0 atom stereocenters. The van der Waals surface area contributed by atoms with Crippen molar-refractivity contribution in [2.45, 2.75) is 31.7 Å². The maximum atomic E-state index is 12.9. The van der Waals surface area contributed by atoms with Crippen LogP contribution in [0.15, 0.2) is 28.4 Å². The molecule has 0 fully saturated rings. The van der Waals surface area contributed by atoms with Gasteiger partial charge in [-0.2, -0.15) is 5.10 Å². The van der Waals surface area contributed by atoms with Crippen molar-refractivity contribution in [1.29, 1.82) is 0 Å². The largest absolute Gasteiger partial charge is 0.493 e. The first-order valence-electron chi connectivity index (χ1n) is 8.08. The van der Waals surface area contributed by atoms with Crippen LogP contribution in [-0.4, -0.2) is 47.7 Å². The molecular weight excluding hydrogens is 358 g/mol. The van der Waals surface area contributed by atoms with Crippen LogP contribution in [0.2, 0.25) is 0 Å². The van der Waals surface area contributed by atoms with Gasteiger partial charge in [-0.1, -0.05) is 5.16 Å². The topological polar surface area (TPSA) is 111 Å². The fraction of sp³-hybridized carbons (Fsp3) is 0.353. The molecule has 3 rings (SSSR count). The van der Waals surface area contributed by atoms with Gasteiger partial charge in [-0.25, -0.2) is 13.1 Å². The zero-order chi connectivity index (χ0) is 19.1. The molecule has 0 radical (unpaired) electrons. The molecule has 0 saturated heterocycles. The van der Waals surface area contributed by atoms with Crippen LogP contribution in [-0.2, 0) is 21.2 Å². The Hall–Kier alpha value is -2.68. The number of oxime groups is 1. The van der Waals surface area contributed by atoms with Crippen molar-refractivity contribution in [1.82, 2.24) is 9.78 Å². The second-order valence-electron chi connectivity index (χ2n) is 5.93. The molecule has 1 aliphatic heterocycles. The van der Waals surface area contributed by atoms with Crippen LogP contribution >= 0.6 is 0 Å². The molecule has 1 N–H and O–H groups in total. The maximum absolute atomic E-state index is 12.9. The van der Waals surface area contributed by atoms with E-state index in [-0.39, 0.29) is 34.1 Å². The predicted molar refractivity (Wildman–Crippen MR) is 94.4 cm³/mol. The number of carbonyl (C=O) groups is 1. The lowest BCUT2D eigenvalue weighted by atomic mass is 9.93. The minimum absolute atomic E-state index is 0.0566. The number of hydrogen-bond donors (Lipinski definition) is 1. The van der Waals surface area contributed by atoms with E-state index in [4.69, 9.17) is 4.84 Å². The molecule has 0 spiro atoms. The summed E-state index contributed by atoms with van der Waals surface area (Å²) in [5.41, 5.74) is 1.72. The van der Waals surface area contributed by atoms with E-state index >= 15 is 0 Å². The number of fused-ring (bicyclic) bond motifs is 1. The lowest BCUT2D eigenvalue weighted by Crippen LogP contribution is -2.24. The number of ketones is 1. The molecule has 1 aromatic carbocycles. The summed E-state index contributed by atoms with van der Waals surface area (Å²) in [5.74, 6) is -0.700. The molecule has 2 heterocycles. The number of hydrogen-bond acceptors (Lipinski definition) is 7. The fourth-order valence-electron chi connectivity index (χ4n) is 3.13. The van der Waals surface area contributed by atoms with Crippen LogP contribution in [0, 0.1) is 6.92 Å². The summed E-state index contributed by atoms with van der Waals surface area (Å²) in [6, 6.07) is 2.88. The van der Waals surface area contributed by atoms with Gasteiger partial charge in [0, 0.05) is 24.1 Å². The average molecular weight is 377 g/mol. The summed E-state index contributed by atoms with van der Waals surface area (Å²) in [4.78, 5) is 17.9. The van der Waals surface area contributed by atoms with Crippen LogP contribution in [0.5, 0.6) is 5.88 Å². The highest BCUT2D eigenvalue weighted by Gasteiger charge is 2.32. The monoisotopic (exact) mass is 377 g/mol. The highest BCUT2D eigenvalue weighted by molar-refractivity contribution is 7.91. The molecule has 0 aliphatic carbocycles. The predicted octanol–water partition coefficient (Wildman–Crippen LogP) is 1.68. The van der Waals surface area contributed by atoms with Gasteiger partial charge >= 0.3 is 0 Å². The number of benzene rings is 1. The summed E-state index contributed by atoms with van der Waals surface area (Å²) in [7, 11) is -2.06. The van der Waals surface area contributed by atoms with E-state index in [2.05, 4.69) is 10.3 Å². The molecule has 0 unspecified atom stereocenters. The molecule has 1 aliphatic rings. The quantitative estimate of drug-likeness (QED) is 0.641. The van der Waals surface area contributed by atoms with E-state index in [0.29, 0.717) is 23.4 Å². The Morgan fingerprint density at radius 2 is 2.12 bits per heavy atom. The number of nitrogens with zero attached hydrogens (tertiary/aromatic N) is 3. The third kappa shape index (κ3) is 2.78. The van der Waals surface area contributed by atoms with Gasteiger partial charge in [0.15, 0.2) is 15.6 Å². The third-order valence-electron chi connectivity index (χ3n) is 4.46. The van der Waals surface area contributed by atoms with Gasteiger partial charge in [0.2, 0.25) is 5.88 Å². The molecule has 138 valence electrons. The number of aromatic nitrogens is 2. The Labute approximate surface area is 151 Å². The summed E-state index contributed by atoms with van der Waals surface area (Å²) in [5, 5.41) is 18.1. The van der Waals surface area contributed by atoms with Crippen LogP contribution in [0.3, 0.4) is 0 Å². The standard InChI is InChI=1S/C17H19N3O5S/c1-4-20-17(22)12(9-18-20)16(21)11-5-6-14-15(10(11)2)13(19-25-3)7-8-26(14,23)24/h5-6,9,22H,4,7-8H2,1-3H3/b19-13+. The molecule has 9 heteroatoms. The summed E-state index contributed by atoms with van der Waals surface area (Å²) >= 11 is 0. The van der Waals surface area contributed by atoms with E-state index in [0.717, 1.165) is 0 Å². The molecule has 8 nitrogen and oxygen atoms in total. The van der Waals surface area contributed by atoms with Crippen molar-refractivity contribution < 1.29 is 23.2 Å². The van der Waals surface area contributed by atoms with Gasteiger partial charge in [-0.3, -0.25) is 4.79 Å². The summed E-state index contributed by atoms with van der Waals surface area (Å²) < 4.78 is 26.1. The van der Waals surface area contributed by atoms with Gasteiger partial charge in [0.25, 0.3) is 0 Å². The average Bonchev–Trinajstić information content (AvgIpc) is 2.98. The number of aryl methyl sites for hydroxylation is 1. The zero-order valence-corrected chi connectivity index (χ0v) is 15.5. The minimum Gasteiger partial charge on any atom is -0.493 e. The van der Waals surface area contributed by atoms with E-state index in [9.17, 15) is 18.3 Å². The second kappa shape index (κ2) is 6.56. The second-order valence-corrected chi connectivity index (χ2v) is 8.00. The van der Waals surface area contributed by atoms with Crippen LogP contribution < -0.4 is 0 Å². The van der Waals surface area contributed by atoms with Crippen molar-refractivity contribution in [3.05, 3.63) is 40.6 Å². The fourth-order valence-corrected chi connectivity index (χ4v) is 4.67. The number of carbonyl (C=O) groups excluding carboxylic acids is 1. The highest BCUT2D eigenvalue weighted by Crippen LogP contribution is 2.32. The highest BCUT2D eigenvalue weighted by atomic mass is 32.2. The third-order valence-corrected chi connectivity index (χ3v) is 6.21. The zero-order valence-electron chi connectivity index (χ0n) is 14.7. The first kappa shape index (κ1) is 18.1. The lowest BCUT2D eigenvalue weighted by Gasteiger charge is -2.21. The van der Waals surface area contributed by atoms with Crippen molar-refractivity contribution >= 4 is 21.3 Å². The normalized spacial score (nSPS) is 17.1. The van der Waals surface area contributed by atoms with Crippen LogP contribution in [0.1, 0.15) is 40.4 Å². The smallest absolute Gasteiger partial charge is 0.220 e. The molecule has 0 saturated carbocycles. The lowest BCUT2D eigenvalue weighted by molar-refractivity contribution is 0.103.